The first-order chi connectivity index (χ1) is 13.9. The molecule has 0 saturated carbocycles. The van der Waals surface area contributed by atoms with Crippen molar-refractivity contribution in [3.8, 4) is 11.4 Å². The van der Waals surface area contributed by atoms with E-state index in [-0.39, 0.29) is 11.7 Å². The number of halogens is 3. The monoisotopic (exact) mass is 510 g/mol. The Kier molecular flexibility index (Phi) is 7.40. The fraction of sp³-hybridized carbons (Fsp3) is 0.150. The van der Waals surface area contributed by atoms with Gasteiger partial charge < -0.3 is 5.32 Å². The van der Waals surface area contributed by atoms with E-state index in [9.17, 15) is 4.79 Å². The van der Waals surface area contributed by atoms with Gasteiger partial charge in [0.1, 0.15) is 0 Å². The van der Waals surface area contributed by atoms with Gasteiger partial charge in [-0.1, -0.05) is 57.0 Å². The molecule has 1 heterocycles. The minimum atomic E-state index is -0.129. The van der Waals surface area contributed by atoms with Crippen LogP contribution in [-0.2, 0) is 11.3 Å². The van der Waals surface area contributed by atoms with Crippen molar-refractivity contribution in [1.82, 2.24) is 14.8 Å². The van der Waals surface area contributed by atoms with Crippen molar-refractivity contribution >= 4 is 62.5 Å². The van der Waals surface area contributed by atoms with Crippen molar-refractivity contribution in [2.45, 2.75) is 18.6 Å². The van der Waals surface area contributed by atoms with Gasteiger partial charge in [-0.2, -0.15) is 0 Å². The Balaban J connectivity index is 1.75. The maximum Gasteiger partial charge on any atom is 0.234 e. The van der Waals surface area contributed by atoms with Crippen LogP contribution in [0.15, 0.2) is 58.7 Å². The van der Waals surface area contributed by atoms with Crippen molar-refractivity contribution in [2.75, 3.05) is 11.1 Å². The second-order valence-corrected chi connectivity index (χ2v) is 8.77. The number of allylic oxidation sites excluding steroid dienone is 1. The Morgan fingerprint density at radius 2 is 2.07 bits per heavy atom. The standard InChI is InChI=1S/C20H17BrCl2N4OS/c1-3-8-27-19(15-6-4-13(22)10-17(15)23)25-26-20(27)29-11-18(28)24-14-5-7-16(21)12(2)9-14/h3-7,9-10H,1,8,11H2,2H3,(H,24,28). The van der Waals surface area contributed by atoms with Crippen LogP contribution < -0.4 is 5.32 Å². The average molecular weight is 512 g/mol. The zero-order chi connectivity index (χ0) is 21.0. The first-order valence-corrected chi connectivity index (χ1v) is 11.1. The third-order valence-electron chi connectivity index (χ3n) is 3.97. The molecule has 5 nitrogen and oxygen atoms in total. The van der Waals surface area contributed by atoms with Crippen LogP contribution in [0.3, 0.4) is 0 Å². The Morgan fingerprint density at radius 3 is 2.76 bits per heavy atom. The van der Waals surface area contributed by atoms with Crippen LogP contribution in [0.25, 0.3) is 11.4 Å². The summed E-state index contributed by atoms with van der Waals surface area (Å²) in [7, 11) is 0. The molecule has 0 spiro atoms. The summed E-state index contributed by atoms with van der Waals surface area (Å²) in [5, 5.41) is 13.0. The summed E-state index contributed by atoms with van der Waals surface area (Å²) < 4.78 is 2.86. The SMILES string of the molecule is C=CCn1c(SCC(=O)Nc2ccc(Br)c(C)c2)nnc1-c1ccc(Cl)cc1Cl. The van der Waals surface area contributed by atoms with Crippen LogP contribution in [0.1, 0.15) is 5.56 Å². The number of hydrogen-bond donors (Lipinski definition) is 1. The maximum absolute atomic E-state index is 12.4. The molecule has 0 radical (unpaired) electrons. The van der Waals surface area contributed by atoms with Gasteiger partial charge in [0, 0.05) is 27.3 Å². The number of anilines is 1. The van der Waals surface area contributed by atoms with Crippen LogP contribution in [-0.4, -0.2) is 26.4 Å². The van der Waals surface area contributed by atoms with Gasteiger partial charge in [-0.15, -0.1) is 16.8 Å². The third kappa shape index (κ3) is 5.42. The number of nitrogens with one attached hydrogen (secondary N) is 1. The van der Waals surface area contributed by atoms with E-state index in [1.165, 1.54) is 11.8 Å². The molecule has 3 rings (SSSR count). The van der Waals surface area contributed by atoms with Crippen LogP contribution in [0.4, 0.5) is 5.69 Å². The zero-order valence-electron chi connectivity index (χ0n) is 15.5. The largest absolute Gasteiger partial charge is 0.325 e. The first-order valence-electron chi connectivity index (χ1n) is 8.57. The van der Waals surface area contributed by atoms with Gasteiger partial charge in [-0.05, 0) is 48.9 Å². The molecule has 1 aromatic heterocycles. The van der Waals surface area contributed by atoms with Crippen LogP contribution in [0, 0.1) is 6.92 Å². The second kappa shape index (κ2) is 9.80. The van der Waals surface area contributed by atoms with E-state index in [4.69, 9.17) is 23.2 Å². The highest BCUT2D eigenvalue weighted by Gasteiger charge is 2.17. The van der Waals surface area contributed by atoms with E-state index in [2.05, 4.69) is 38.0 Å². The van der Waals surface area contributed by atoms with Gasteiger partial charge in [-0.25, -0.2) is 0 Å². The number of hydrogen-bond acceptors (Lipinski definition) is 4. The van der Waals surface area contributed by atoms with Gasteiger partial charge in [0.25, 0.3) is 0 Å². The number of benzene rings is 2. The van der Waals surface area contributed by atoms with E-state index in [0.29, 0.717) is 33.1 Å². The number of amides is 1. The van der Waals surface area contributed by atoms with Crippen LogP contribution in [0.5, 0.6) is 0 Å². The fourth-order valence-electron chi connectivity index (χ4n) is 2.61. The molecular formula is C20H17BrCl2N4OS. The van der Waals surface area contributed by atoms with Crippen LogP contribution >= 0.6 is 50.9 Å². The van der Waals surface area contributed by atoms with Crippen molar-refractivity contribution in [3.63, 3.8) is 0 Å². The molecule has 9 heteroatoms. The van der Waals surface area contributed by atoms with Crippen molar-refractivity contribution < 1.29 is 4.79 Å². The lowest BCUT2D eigenvalue weighted by Crippen LogP contribution is -2.14. The number of nitrogens with zero attached hydrogens (tertiary/aromatic N) is 3. The first kappa shape index (κ1) is 21.9. The Bertz CT molecular complexity index is 1070. The molecule has 29 heavy (non-hydrogen) atoms. The molecule has 0 atom stereocenters. The molecule has 150 valence electrons. The fourth-order valence-corrected chi connectivity index (χ4v) is 4.10. The van der Waals surface area contributed by atoms with E-state index in [1.807, 2.05) is 29.7 Å². The molecule has 3 aromatic rings. The quantitative estimate of drug-likeness (QED) is 0.301. The predicted octanol–water partition coefficient (Wildman–Crippen LogP) is 6.24. The molecule has 0 saturated heterocycles. The molecule has 0 aliphatic rings. The summed E-state index contributed by atoms with van der Waals surface area (Å²) in [5.41, 5.74) is 2.51. The van der Waals surface area contributed by atoms with E-state index < -0.39 is 0 Å². The lowest BCUT2D eigenvalue weighted by Gasteiger charge is -2.10. The number of carbonyl (C=O) groups is 1. The smallest absolute Gasteiger partial charge is 0.234 e. The molecule has 0 aliphatic heterocycles. The Hall–Kier alpha value is -1.80. The molecule has 0 unspecified atom stereocenters. The highest BCUT2D eigenvalue weighted by molar-refractivity contribution is 9.10. The summed E-state index contributed by atoms with van der Waals surface area (Å²) in [6.07, 6.45) is 1.74. The van der Waals surface area contributed by atoms with Gasteiger partial charge >= 0.3 is 0 Å². The molecule has 0 aliphatic carbocycles. The van der Waals surface area contributed by atoms with Gasteiger partial charge in [0.2, 0.25) is 5.91 Å². The lowest BCUT2D eigenvalue weighted by atomic mass is 10.2. The summed E-state index contributed by atoms with van der Waals surface area (Å²) >= 11 is 17.1. The summed E-state index contributed by atoms with van der Waals surface area (Å²) in [4.78, 5) is 12.4. The maximum atomic E-state index is 12.4. The summed E-state index contributed by atoms with van der Waals surface area (Å²) in [6, 6.07) is 10.9. The molecule has 2 aromatic carbocycles. The number of thioether (sulfide) groups is 1. The predicted molar refractivity (Wildman–Crippen MR) is 124 cm³/mol. The number of aryl methyl sites for hydroxylation is 1. The van der Waals surface area contributed by atoms with Gasteiger partial charge in [0.05, 0.1) is 10.8 Å². The topological polar surface area (TPSA) is 59.8 Å². The summed E-state index contributed by atoms with van der Waals surface area (Å²) in [5.74, 6) is 0.660. The van der Waals surface area contributed by atoms with Crippen LogP contribution in [0.2, 0.25) is 10.0 Å². The summed E-state index contributed by atoms with van der Waals surface area (Å²) in [6.45, 7) is 6.24. The highest BCUT2D eigenvalue weighted by Crippen LogP contribution is 2.31. The molecule has 0 bridgehead atoms. The molecular weight excluding hydrogens is 495 g/mol. The minimum Gasteiger partial charge on any atom is -0.325 e. The van der Waals surface area contributed by atoms with E-state index in [1.54, 1.807) is 24.3 Å². The van der Waals surface area contributed by atoms with Gasteiger partial charge in [-0.3, -0.25) is 9.36 Å². The second-order valence-electron chi connectivity index (χ2n) is 6.13. The number of rotatable bonds is 7. The molecule has 1 N–H and O–H groups in total. The minimum absolute atomic E-state index is 0.129. The van der Waals surface area contributed by atoms with Crippen molar-refractivity contribution in [1.29, 1.82) is 0 Å². The van der Waals surface area contributed by atoms with Crippen molar-refractivity contribution in [3.05, 3.63) is 69.1 Å². The van der Waals surface area contributed by atoms with E-state index in [0.717, 1.165) is 15.7 Å². The third-order valence-corrected chi connectivity index (χ3v) is 6.38. The van der Waals surface area contributed by atoms with Gasteiger partial charge in [0.15, 0.2) is 11.0 Å². The number of aromatic nitrogens is 3. The normalized spacial score (nSPS) is 10.8. The average Bonchev–Trinajstić information content (AvgIpc) is 3.06. The Labute approximate surface area is 191 Å². The Morgan fingerprint density at radius 1 is 1.28 bits per heavy atom. The zero-order valence-corrected chi connectivity index (χ0v) is 19.4. The van der Waals surface area contributed by atoms with Crippen molar-refractivity contribution in [2.24, 2.45) is 0 Å². The highest BCUT2D eigenvalue weighted by atomic mass is 79.9. The molecule has 1 amide bonds. The number of carbonyl (C=O) groups excluding carboxylic acids is 1. The lowest BCUT2D eigenvalue weighted by molar-refractivity contribution is -0.113. The molecule has 0 fully saturated rings. The van der Waals surface area contributed by atoms with E-state index >= 15 is 0 Å².